The van der Waals surface area contributed by atoms with E-state index in [-0.39, 0.29) is 18.5 Å². The molecule has 0 amide bonds. The van der Waals surface area contributed by atoms with E-state index in [1.54, 1.807) is 0 Å². The van der Waals surface area contributed by atoms with Gasteiger partial charge >= 0.3 is 11.9 Å². The largest absolute Gasteiger partial charge is 0.465 e. The average Bonchev–Trinajstić information content (AvgIpc) is 3.19. The molecule has 0 spiro atoms. The Morgan fingerprint density at radius 3 is 1.14 bits per heavy atom. The summed E-state index contributed by atoms with van der Waals surface area (Å²) >= 11 is 0. The summed E-state index contributed by atoms with van der Waals surface area (Å²) in [5, 5.41) is 9.36. The lowest BCUT2D eigenvalue weighted by molar-refractivity contribution is -0.146. The molecule has 334 valence electrons. The fourth-order valence-electron chi connectivity index (χ4n) is 7.83. The third-order valence-electron chi connectivity index (χ3n) is 11.8. The van der Waals surface area contributed by atoms with Gasteiger partial charge < -0.3 is 24.4 Å². The van der Waals surface area contributed by atoms with Crippen LogP contribution in [0.2, 0.25) is 0 Å². The van der Waals surface area contributed by atoms with E-state index in [0.717, 1.165) is 64.7 Å². The van der Waals surface area contributed by atoms with Crippen molar-refractivity contribution in [3.8, 4) is 0 Å². The molecular formula is C49H98N2O5. The summed E-state index contributed by atoms with van der Waals surface area (Å²) in [6.07, 6.45) is 37.8. The SMILES string of the molecule is CCCCCCCCC(CCCCCC)COC(=O)CCCCCN(CCCCCC(=O)OCC(CCCCCC)CCCCCCCC)CCN(C)CCO. The predicted molar refractivity (Wildman–Crippen MR) is 240 cm³/mol. The molecule has 0 saturated heterocycles. The van der Waals surface area contributed by atoms with Crippen LogP contribution in [0.4, 0.5) is 0 Å². The quantitative estimate of drug-likeness (QED) is 0.0486. The lowest BCUT2D eigenvalue weighted by Crippen LogP contribution is -2.35. The molecule has 0 fully saturated rings. The Balaban J connectivity index is 4.54. The summed E-state index contributed by atoms with van der Waals surface area (Å²) in [6.45, 7) is 15.1. The second kappa shape index (κ2) is 43.4. The maximum Gasteiger partial charge on any atom is 0.305 e. The van der Waals surface area contributed by atoms with E-state index in [1.807, 2.05) is 0 Å². The van der Waals surface area contributed by atoms with Crippen molar-refractivity contribution in [3.05, 3.63) is 0 Å². The highest BCUT2D eigenvalue weighted by molar-refractivity contribution is 5.69. The highest BCUT2D eigenvalue weighted by atomic mass is 16.5. The predicted octanol–water partition coefficient (Wildman–Crippen LogP) is 13.1. The third-order valence-corrected chi connectivity index (χ3v) is 11.8. The first-order valence-electron chi connectivity index (χ1n) is 24.7. The summed E-state index contributed by atoms with van der Waals surface area (Å²) in [5.74, 6) is 0.991. The first-order valence-corrected chi connectivity index (χ1v) is 24.7. The number of nitrogens with zero attached hydrogens (tertiary/aromatic N) is 2. The number of unbranched alkanes of at least 4 members (excludes halogenated alkanes) is 20. The van der Waals surface area contributed by atoms with Crippen molar-refractivity contribution in [2.24, 2.45) is 11.8 Å². The van der Waals surface area contributed by atoms with Crippen LogP contribution in [0, 0.1) is 11.8 Å². The molecule has 1 N–H and O–H groups in total. The minimum absolute atomic E-state index is 0.0205. The lowest BCUT2D eigenvalue weighted by atomic mass is 9.95. The first kappa shape index (κ1) is 54.8. The Labute approximate surface area is 349 Å². The zero-order chi connectivity index (χ0) is 41.2. The smallest absolute Gasteiger partial charge is 0.305 e. The molecule has 0 aliphatic carbocycles. The van der Waals surface area contributed by atoms with Gasteiger partial charge in [-0.3, -0.25) is 9.59 Å². The number of carbonyl (C=O) groups is 2. The highest BCUT2D eigenvalue weighted by Gasteiger charge is 2.15. The van der Waals surface area contributed by atoms with E-state index in [9.17, 15) is 14.7 Å². The van der Waals surface area contributed by atoms with Crippen LogP contribution in [-0.4, -0.2) is 86.4 Å². The minimum atomic E-state index is -0.0205. The Hall–Kier alpha value is -1.18. The van der Waals surface area contributed by atoms with E-state index < -0.39 is 0 Å². The summed E-state index contributed by atoms with van der Waals surface area (Å²) in [6, 6.07) is 0. The van der Waals surface area contributed by atoms with Gasteiger partial charge in [-0.2, -0.15) is 0 Å². The number of likely N-dealkylation sites (N-methyl/N-ethyl adjacent to an activating group) is 1. The molecular weight excluding hydrogens is 697 g/mol. The maximum absolute atomic E-state index is 12.7. The molecule has 0 aromatic heterocycles. The summed E-state index contributed by atoms with van der Waals surface area (Å²) < 4.78 is 11.7. The number of hydrogen-bond donors (Lipinski definition) is 1. The van der Waals surface area contributed by atoms with Crippen LogP contribution >= 0.6 is 0 Å². The Bertz CT molecular complexity index is 768. The van der Waals surface area contributed by atoms with Gasteiger partial charge in [0.2, 0.25) is 0 Å². The molecule has 2 unspecified atom stereocenters. The van der Waals surface area contributed by atoms with Gasteiger partial charge in [0, 0.05) is 32.5 Å². The molecule has 0 rings (SSSR count). The van der Waals surface area contributed by atoms with Crippen molar-refractivity contribution >= 4 is 11.9 Å². The van der Waals surface area contributed by atoms with E-state index >= 15 is 0 Å². The van der Waals surface area contributed by atoms with E-state index in [1.165, 1.54) is 154 Å². The molecule has 0 aliphatic heterocycles. The molecule has 0 radical (unpaired) electrons. The fourth-order valence-corrected chi connectivity index (χ4v) is 7.83. The van der Waals surface area contributed by atoms with Crippen molar-refractivity contribution in [1.82, 2.24) is 9.80 Å². The lowest BCUT2D eigenvalue weighted by Gasteiger charge is -2.25. The Kier molecular flexibility index (Phi) is 42.5. The van der Waals surface area contributed by atoms with Crippen LogP contribution in [0.15, 0.2) is 0 Å². The van der Waals surface area contributed by atoms with Gasteiger partial charge in [0.05, 0.1) is 19.8 Å². The van der Waals surface area contributed by atoms with Crippen LogP contribution in [0.3, 0.4) is 0 Å². The molecule has 0 aliphatic rings. The molecule has 56 heavy (non-hydrogen) atoms. The van der Waals surface area contributed by atoms with Crippen LogP contribution < -0.4 is 0 Å². The standard InChI is InChI=1S/C49H98N2O5/c1-6-10-14-18-20-26-34-46(32-24-16-12-8-3)44-55-48(53)36-28-22-30-38-51(41-40-50(5)42-43-52)39-31-23-29-37-49(54)56-45-47(33-25-17-13-9-4)35-27-21-19-15-11-7-2/h46-47,52H,6-45H2,1-5H3. The highest BCUT2D eigenvalue weighted by Crippen LogP contribution is 2.21. The van der Waals surface area contributed by atoms with Crippen molar-refractivity contribution in [1.29, 1.82) is 0 Å². The zero-order valence-corrected chi connectivity index (χ0v) is 38.4. The van der Waals surface area contributed by atoms with Gasteiger partial charge in [0.25, 0.3) is 0 Å². The van der Waals surface area contributed by atoms with Crippen LogP contribution in [0.25, 0.3) is 0 Å². The minimum Gasteiger partial charge on any atom is -0.465 e. The second-order valence-electron chi connectivity index (χ2n) is 17.4. The summed E-state index contributed by atoms with van der Waals surface area (Å²) in [5.41, 5.74) is 0. The molecule has 0 saturated carbocycles. The van der Waals surface area contributed by atoms with Gasteiger partial charge in [-0.1, -0.05) is 169 Å². The molecule has 2 atom stereocenters. The zero-order valence-electron chi connectivity index (χ0n) is 38.4. The molecule has 0 heterocycles. The monoisotopic (exact) mass is 795 g/mol. The van der Waals surface area contributed by atoms with Crippen LogP contribution in [-0.2, 0) is 19.1 Å². The molecule has 0 aromatic carbocycles. The molecule has 7 heteroatoms. The molecule has 0 bridgehead atoms. The summed E-state index contributed by atoms with van der Waals surface area (Å²) in [7, 11) is 2.07. The maximum atomic E-state index is 12.7. The normalized spacial score (nSPS) is 12.8. The van der Waals surface area contributed by atoms with Gasteiger partial charge in [-0.15, -0.1) is 0 Å². The van der Waals surface area contributed by atoms with E-state index in [4.69, 9.17) is 9.47 Å². The summed E-state index contributed by atoms with van der Waals surface area (Å²) in [4.78, 5) is 30.1. The van der Waals surface area contributed by atoms with Crippen molar-refractivity contribution in [3.63, 3.8) is 0 Å². The van der Waals surface area contributed by atoms with Gasteiger partial charge in [0.1, 0.15) is 0 Å². The number of rotatable bonds is 45. The van der Waals surface area contributed by atoms with Gasteiger partial charge in [-0.05, 0) is 83.3 Å². The van der Waals surface area contributed by atoms with Gasteiger partial charge in [-0.25, -0.2) is 0 Å². The number of carbonyl (C=O) groups excluding carboxylic acids is 2. The van der Waals surface area contributed by atoms with Gasteiger partial charge in [0.15, 0.2) is 0 Å². The second-order valence-corrected chi connectivity index (χ2v) is 17.4. The van der Waals surface area contributed by atoms with E-state index in [0.29, 0.717) is 44.4 Å². The first-order chi connectivity index (χ1) is 27.4. The number of aliphatic hydroxyl groups excluding tert-OH is 1. The van der Waals surface area contributed by atoms with Crippen LogP contribution in [0.5, 0.6) is 0 Å². The Morgan fingerprint density at radius 2 is 0.768 bits per heavy atom. The number of ether oxygens (including phenoxy) is 2. The molecule has 0 aromatic rings. The third kappa shape index (κ3) is 38.3. The van der Waals surface area contributed by atoms with E-state index in [2.05, 4.69) is 44.5 Å². The number of hydrogen-bond acceptors (Lipinski definition) is 7. The molecule has 7 nitrogen and oxygen atoms in total. The van der Waals surface area contributed by atoms with Crippen molar-refractivity contribution in [2.75, 3.05) is 59.6 Å². The topological polar surface area (TPSA) is 79.3 Å². The Morgan fingerprint density at radius 1 is 0.429 bits per heavy atom. The number of esters is 2. The average molecular weight is 795 g/mol. The van der Waals surface area contributed by atoms with Crippen molar-refractivity contribution in [2.45, 2.75) is 233 Å². The van der Waals surface area contributed by atoms with Crippen molar-refractivity contribution < 1.29 is 24.2 Å². The number of aliphatic hydroxyl groups is 1. The fraction of sp³-hybridized carbons (Fsp3) is 0.959. The van der Waals surface area contributed by atoms with Crippen LogP contribution in [0.1, 0.15) is 233 Å².